The van der Waals surface area contributed by atoms with E-state index in [0.29, 0.717) is 24.7 Å². The molecule has 7 heteroatoms. The number of carbonyl (C=O) groups excluding carboxylic acids is 1. The van der Waals surface area contributed by atoms with Gasteiger partial charge in [-0.15, -0.1) is 0 Å². The van der Waals surface area contributed by atoms with E-state index in [-0.39, 0.29) is 17.6 Å². The summed E-state index contributed by atoms with van der Waals surface area (Å²) in [4.78, 5) is 17.8. The van der Waals surface area contributed by atoms with Crippen LogP contribution in [0.5, 0.6) is 0 Å². The summed E-state index contributed by atoms with van der Waals surface area (Å²) in [6.45, 7) is 6.66. The first-order valence-electron chi connectivity index (χ1n) is 6.95. The second kappa shape index (κ2) is 7.13. The number of imidazole rings is 1. The van der Waals surface area contributed by atoms with Crippen molar-refractivity contribution in [2.45, 2.75) is 39.8 Å². The molecule has 0 aliphatic carbocycles. The van der Waals surface area contributed by atoms with Crippen LogP contribution in [0.15, 0.2) is 6.20 Å². The second-order valence-corrected chi connectivity index (χ2v) is 6.68. The van der Waals surface area contributed by atoms with Gasteiger partial charge in [-0.25, -0.2) is 9.78 Å². The van der Waals surface area contributed by atoms with Crippen molar-refractivity contribution in [1.82, 2.24) is 19.8 Å². The number of aromatic nitrogens is 2. The Morgan fingerprint density at radius 1 is 1.62 bits per heavy atom. The number of rotatable bonds is 6. The Morgan fingerprint density at radius 3 is 2.71 bits per heavy atom. The zero-order valence-corrected chi connectivity index (χ0v) is 14.1. The minimum atomic E-state index is -0.385. The highest BCUT2D eigenvalue weighted by molar-refractivity contribution is 6.29. The highest BCUT2D eigenvalue weighted by Crippen LogP contribution is 2.21. The fourth-order valence-electron chi connectivity index (χ4n) is 2.18. The first-order chi connectivity index (χ1) is 9.62. The second-order valence-electron chi connectivity index (χ2n) is 6.29. The fraction of sp³-hybridized carbons (Fsp3) is 0.714. The van der Waals surface area contributed by atoms with Crippen molar-refractivity contribution in [3.05, 3.63) is 17.2 Å². The third kappa shape index (κ3) is 5.55. The number of aliphatic hydroxyl groups excluding tert-OH is 1. The molecule has 21 heavy (non-hydrogen) atoms. The van der Waals surface area contributed by atoms with Crippen LogP contribution < -0.4 is 5.32 Å². The van der Waals surface area contributed by atoms with E-state index < -0.39 is 0 Å². The van der Waals surface area contributed by atoms with Gasteiger partial charge in [0.15, 0.2) is 0 Å². The number of urea groups is 1. The van der Waals surface area contributed by atoms with Crippen LogP contribution in [0.2, 0.25) is 5.15 Å². The summed E-state index contributed by atoms with van der Waals surface area (Å²) in [6.07, 6.45) is 1.81. The molecule has 2 N–H and O–H groups in total. The largest absolute Gasteiger partial charge is 0.393 e. The number of amides is 2. The molecule has 0 aliphatic rings. The topological polar surface area (TPSA) is 70.4 Å². The molecule has 1 aromatic rings. The molecular weight excluding hydrogens is 292 g/mol. The van der Waals surface area contributed by atoms with E-state index in [1.807, 2.05) is 20.9 Å². The first kappa shape index (κ1) is 17.8. The van der Waals surface area contributed by atoms with E-state index in [9.17, 15) is 9.90 Å². The van der Waals surface area contributed by atoms with Crippen LogP contribution in [0.1, 0.15) is 33.0 Å². The number of nitrogens with zero attached hydrogens (tertiary/aromatic N) is 3. The van der Waals surface area contributed by atoms with Crippen molar-refractivity contribution in [3.63, 3.8) is 0 Å². The minimum absolute atomic E-state index is 0.156. The number of hydrogen-bond acceptors (Lipinski definition) is 3. The quantitative estimate of drug-likeness (QED) is 0.843. The maximum Gasteiger partial charge on any atom is 0.317 e. The van der Waals surface area contributed by atoms with E-state index in [2.05, 4.69) is 10.3 Å². The van der Waals surface area contributed by atoms with Gasteiger partial charge in [0.05, 0.1) is 18.8 Å². The average Bonchev–Trinajstić information content (AvgIpc) is 2.66. The zero-order chi connectivity index (χ0) is 16.2. The molecule has 0 fully saturated rings. The summed E-state index contributed by atoms with van der Waals surface area (Å²) in [6, 6.07) is -0.173. The number of halogens is 1. The monoisotopic (exact) mass is 316 g/mol. The molecule has 1 unspecified atom stereocenters. The molecule has 1 aromatic heterocycles. The Hall–Kier alpha value is -1.27. The molecule has 0 aliphatic heterocycles. The lowest BCUT2D eigenvalue weighted by Gasteiger charge is -2.27. The number of aliphatic hydroxyl groups is 1. The van der Waals surface area contributed by atoms with Crippen molar-refractivity contribution in [3.8, 4) is 0 Å². The van der Waals surface area contributed by atoms with Crippen LogP contribution >= 0.6 is 11.6 Å². The molecule has 1 heterocycles. The van der Waals surface area contributed by atoms with Crippen molar-refractivity contribution in [2.75, 3.05) is 13.6 Å². The van der Waals surface area contributed by atoms with E-state index in [1.54, 1.807) is 29.6 Å². The van der Waals surface area contributed by atoms with Gasteiger partial charge in [-0.1, -0.05) is 25.4 Å². The van der Waals surface area contributed by atoms with Gasteiger partial charge >= 0.3 is 6.03 Å². The Kier molecular flexibility index (Phi) is 6.04. The van der Waals surface area contributed by atoms with Crippen LogP contribution in [0.25, 0.3) is 0 Å². The van der Waals surface area contributed by atoms with Crippen molar-refractivity contribution in [1.29, 1.82) is 0 Å². The molecule has 1 atom stereocenters. The first-order valence-corrected chi connectivity index (χ1v) is 7.33. The molecule has 0 saturated carbocycles. The maximum absolute atomic E-state index is 12.1. The normalized spacial score (nSPS) is 13.1. The van der Waals surface area contributed by atoms with Crippen molar-refractivity contribution in [2.24, 2.45) is 12.5 Å². The maximum atomic E-state index is 12.1. The summed E-state index contributed by atoms with van der Waals surface area (Å²) in [7, 11) is 3.52. The number of carbonyl (C=O) groups is 1. The van der Waals surface area contributed by atoms with Crippen molar-refractivity contribution < 1.29 is 9.90 Å². The van der Waals surface area contributed by atoms with Gasteiger partial charge in [-0.2, -0.15) is 0 Å². The van der Waals surface area contributed by atoms with Gasteiger partial charge in [0.1, 0.15) is 11.0 Å². The molecule has 0 spiro atoms. The van der Waals surface area contributed by atoms with E-state index in [4.69, 9.17) is 11.6 Å². The van der Waals surface area contributed by atoms with Crippen LogP contribution in [0.4, 0.5) is 4.79 Å². The standard InChI is InChI=1S/C14H25ClN4O2/c1-10(20)6-14(2,3)9-17-13(21)18(4)8-12-16-7-11(15)19(12)5/h7,10,20H,6,8-9H2,1-5H3,(H,17,21). The molecular formula is C14H25ClN4O2. The third-order valence-electron chi connectivity index (χ3n) is 3.32. The van der Waals surface area contributed by atoms with Crippen LogP contribution in [0, 0.1) is 5.41 Å². The average molecular weight is 317 g/mol. The summed E-state index contributed by atoms with van der Waals surface area (Å²) >= 11 is 5.92. The molecule has 120 valence electrons. The summed E-state index contributed by atoms with van der Waals surface area (Å²) in [5.41, 5.74) is -0.156. The SMILES string of the molecule is CC(O)CC(C)(C)CNC(=O)N(C)Cc1ncc(Cl)n1C. The van der Waals surface area contributed by atoms with Gasteiger partial charge in [-0.05, 0) is 18.8 Å². The van der Waals surface area contributed by atoms with Crippen LogP contribution in [0.3, 0.4) is 0 Å². The van der Waals surface area contributed by atoms with Gasteiger partial charge in [-0.3, -0.25) is 0 Å². The van der Waals surface area contributed by atoms with E-state index in [1.165, 1.54) is 0 Å². The number of hydrogen-bond donors (Lipinski definition) is 2. The summed E-state index contributed by atoms with van der Waals surface area (Å²) < 4.78 is 1.74. The lowest BCUT2D eigenvalue weighted by molar-refractivity contribution is 0.127. The lowest BCUT2D eigenvalue weighted by Crippen LogP contribution is -2.42. The Balaban J connectivity index is 2.50. The van der Waals surface area contributed by atoms with Gasteiger partial charge < -0.3 is 19.9 Å². The Bertz CT molecular complexity index is 485. The van der Waals surface area contributed by atoms with E-state index in [0.717, 1.165) is 5.82 Å². The highest BCUT2D eigenvalue weighted by Gasteiger charge is 2.22. The molecule has 0 radical (unpaired) electrons. The van der Waals surface area contributed by atoms with Crippen LogP contribution in [-0.2, 0) is 13.6 Å². The minimum Gasteiger partial charge on any atom is -0.393 e. The van der Waals surface area contributed by atoms with E-state index >= 15 is 0 Å². The number of nitrogens with one attached hydrogen (secondary N) is 1. The van der Waals surface area contributed by atoms with Gasteiger partial charge in [0, 0.05) is 20.6 Å². The smallest absolute Gasteiger partial charge is 0.317 e. The molecule has 0 saturated heterocycles. The van der Waals surface area contributed by atoms with Crippen LogP contribution in [-0.4, -0.2) is 45.3 Å². The van der Waals surface area contributed by atoms with Gasteiger partial charge in [0.2, 0.25) is 0 Å². The Labute approximate surface area is 131 Å². The summed E-state index contributed by atoms with van der Waals surface area (Å²) in [5.74, 6) is 0.723. The van der Waals surface area contributed by atoms with Gasteiger partial charge in [0.25, 0.3) is 0 Å². The molecule has 2 amide bonds. The third-order valence-corrected chi connectivity index (χ3v) is 3.67. The molecule has 6 nitrogen and oxygen atoms in total. The fourth-order valence-corrected chi connectivity index (χ4v) is 2.32. The van der Waals surface area contributed by atoms with Crippen molar-refractivity contribution >= 4 is 17.6 Å². The molecule has 0 bridgehead atoms. The lowest BCUT2D eigenvalue weighted by atomic mass is 9.87. The Morgan fingerprint density at radius 2 is 2.24 bits per heavy atom. The predicted molar refractivity (Wildman–Crippen MR) is 83.2 cm³/mol. The zero-order valence-electron chi connectivity index (χ0n) is 13.4. The summed E-state index contributed by atoms with van der Waals surface area (Å²) in [5, 5.41) is 12.9. The predicted octanol–water partition coefficient (Wildman–Crippen LogP) is 2.01. The molecule has 1 rings (SSSR count). The highest BCUT2D eigenvalue weighted by atomic mass is 35.5. The molecule has 0 aromatic carbocycles.